The van der Waals surface area contributed by atoms with Crippen LogP contribution >= 0.6 is 0 Å². The fourth-order valence-corrected chi connectivity index (χ4v) is 4.34. The zero-order chi connectivity index (χ0) is 20.6. The lowest BCUT2D eigenvalue weighted by atomic mass is 9.90. The standard InChI is InChI=1S/C27H48O/c1-5-23(2)21-25(4)17-12-9-11-16-24(3)15-10-7-6-8-13-18-26-19-14-20-27(28)22-26/h14,19-20,22-25,28H,5-13,15-18,21H2,1-4H3/t23-,24+,25+/m1/s1. The molecule has 1 heteroatoms. The second-order valence-corrected chi connectivity index (χ2v) is 9.57. The first kappa shape index (κ1) is 25.1. The van der Waals surface area contributed by atoms with E-state index in [1.54, 1.807) is 6.07 Å². The van der Waals surface area contributed by atoms with Gasteiger partial charge >= 0.3 is 0 Å². The highest BCUT2D eigenvalue weighted by Crippen LogP contribution is 2.22. The van der Waals surface area contributed by atoms with Crippen LogP contribution in [0.4, 0.5) is 0 Å². The zero-order valence-corrected chi connectivity index (χ0v) is 19.4. The number of hydrogen-bond donors (Lipinski definition) is 1. The van der Waals surface area contributed by atoms with E-state index in [2.05, 4.69) is 33.8 Å². The van der Waals surface area contributed by atoms with Gasteiger partial charge in [0.05, 0.1) is 0 Å². The van der Waals surface area contributed by atoms with Crippen LogP contribution in [0.1, 0.15) is 117 Å². The number of hydrogen-bond acceptors (Lipinski definition) is 1. The molecular weight excluding hydrogens is 340 g/mol. The molecule has 1 aromatic carbocycles. The molecule has 1 nitrogen and oxygen atoms in total. The molecule has 0 saturated carbocycles. The van der Waals surface area contributed by atoms with Gasteiger partial charge in [-0.25, -0.2) is 0 Å². The monoisotopic (exact) mass is 388 g/mol. The smallest absolute Gasteiger partial charge is 0.115 e. The molecule has 0 spiro atoms. The maximum Gasteiger partial charge on any atom is 0.115 e. The molecular formula is C27H48O. The average molecular weight is 389 g/mol. The summed E-state index contributed by atoms with van der Waals surface area (Å²) in [5.74, 6) is 3.12. The Morgan fingerprint density at radius 3 is 1.93 bits per heavy atom. The Bertz CT molecular complexity index is 481. The van der Waals surface area contributed by atoms with E-state index in [4.69, 9.17) is 0 Å². The molecule has 1 N–H and O–H groups in total. The summed E-state index contributed by atoms with van der Waals surface area (Å²) in [5, 5.41) is 9.49. The average Bonchev–Trinajstić information content (AvgIpc) is 2.66. The third kappa shape index (κ3) is 13.2. The molecule has 28 heavy (non-hydrogen) atoms. The van der Waals surface area contributed by atoms with E-state index >= 15 is 0 Å². The van der Waals surface area contributed by atoms with Crippen molar-refractivity contribution in [2.45, 2.75) is 118 Å². The number of rotatable bonds is 17. The summed E-state index contributed by atoms with van der Waals surface area (Å²) >= 11 is 0. The first-order valence-electron chi connectivity index (χ1n) is 12.3. The van der Waals surface area contributed by atoms with Crippen LogP contribution in [0.5, 0.6) is 5.75 Å². The van der Waals surface area contributed by atoms with Crippen LogP contribution in [0.2, 0.25) is 0 Å². The topological polar surface area (TPSA) is 20.2 Å². The highest BCUT2D eigenvalue weighted by atomic mass is 16.3. The van der Waals surface area contributed by atoms with Crippen molar-refractivity contribution in [3.05, 3.63) is 29.8 Å². The Kier molecular flexibility index (Phi) is 14.2. The number of unbranched alkanes of at least 4 members (excludes halogenated alkanes) is 6. The van der Waals surface area contributed by atoms with Crippen molar-refractivity contribution in [2.75, 3.05) is 0 Å². The summed E-state index contributed by atoms with van der Waals surface area (Å²) in [4.78, 5) is 0. The Morgan fingerprint density at radius 1 is 0.714 bits per heavy atom. The minimum Gasteiger partial charge on any atom is -0.508 e. The van der Waals surface area contributed by atoms with Gasteiger partial charge in [0.2, 0.25) is 0 Å². The van der Waals surface area contributed by atoms with Gasteiger partial charge in [0.25, 0.3) is 0 Å². The fraction of sp³-hybridized carbons (Fsp3) is 0.778. The first-order valence-corrected chi connectivity index (χ1v) is 12.3. The second-order valence-electron chi connectivity index (χ2n) is 9.57. The normalized spacial score (nSPS) is 14.7. The predicted octanol–water partition coefficient (Wildman–Crippen LogP) is 8.93. The molecule has 0 radical (unpaired) electrons. The maximum atomic E-state index is 9.49. The molecule has 0 fully saturated rings. The number of benzene rings is 1. The van der Waals surface area contributed by atoms with E-state index in [9.17, 15) is 5.11 Å². The lowest BCUT2D eigenvalue weighted by molar-refractivity contribution is 0.368. The van der Waals surface area contributed by atoms with Gasteiger partial charge in [-0.1, -0.05) is 110 Å². The van der Waals surface area contributed by atoms with E-state index in [1.807, 2.05) is 12.1 Å². The molecule has 0 aromatic heterocycles. The molecule has 0 bridgehead atoms. The highest BCUT2D eigenvalue weighted by molar-refractivity contribution is 5.27. The van der Waals surface area contributed by atoms with Crippen molar-refractivity contribution in [2.24, 2.45) is 17.8 Å². The van der Waals surface area contributed by atoms with Gasteiger partial charge in [0, 0.05) is 0 Å². The Balaban J connectivity index is 1.89. The van der Waals surface area contributed by atoms with E-state index < -0.39 is 0 Å². The van der Waals surface area contributed by atoms with Crippen molar-refractivity contribution in [1.29, 1.82) is 0 Å². The molecule has 0 aliphatic carbocycles. The molecule has 1 aromatic rings. The third-order valence-corrected chi connectivity index (χ3v) is 6.47. The molecule has 0 amide bonds. The Labute approximate surface area is 176 Å². The Morgan fingerprint density at radius 2 is 1.29 bits per heavy atom. The maximum absolute atomic E-state index is 9.49. The van der Waals surface area contributed by atoms with Gasteiger partial charge in [0.15, 0.2) is 0 Å². The summed E-state index contributed by atoms with van der Waals surface area (Å²) in [6.45, 7) is 9.61. The summed E-state index contributed by atoms with van der Waals surface area (Å²) in [7, 11) is 0. The number of aryl methyl sites for hydroxylation is 1. The SMILES string of the molecule is CC[C@@H](C)C[C@@H](C)CCCCC[C@@H](C)CCCCCCCc1cccc(O)c1. The lowest BCUT2D eigenvalue weighted by Gasteiger charge is -2.16. The number of phenolic OH excluding ortho intramolecular Hbond substituents is 1. The molecule has 0 heterocycles. The molecule has 3 atom stereocenters. The van der Waals surface area contributed by atoms with Gasteiger partial charge in [-0.15, -0.1) is 0 Å². The molecule has 0 aliphatic heterocycles. The first-order chi connectivity index (χ1) is 13.5. The Hall–Kier alpha value is -0.980. The highest BCUT2D eigenvalue weighted by Gasteiger charge is 2.07. The minimum absolute atomic E-state index is 0.395. The lowest BCUT2D eigenvalue weighted by Crippen LogP contribution is -2.02. The van der Waals surface area contributed by atoms with Crippen molar-refractivity contribution < 1.29 is 5.11 Å². The van der Waals surface area contributed by atoms with E-state index in [1.165, 1.54) is 89.0 Å². The molecule has 0 aliphatic rings. The van der Waals surface area contributed by atoms with Crippen LogP contribution in [0.25, 0.3) is 0 Å². The second kappa shape index (κ2) is 15.9. The number of phenols is 1. The quantitative estimate of drug-likeness (QED) is 0.264. The van der Waals surface area contributed by atoms with Gasteiger partial charge in [-0.05, 0) is 54.7 Å². The van der Waals surface area contributed by atoms with Crippen molar-refractivity contribution in [1.82, 2.24) is 0 Å². The molecule has 162 valence electrons. The fourth-order valence-electron chi connectivity index (χ4n) is 4.34. The van der Waals surface area contributed by atoms with Crippen molar-refractivity contribution in [3.8, 4) is 5.75 Å². The van der Waals surface area contributed by atoms with E-state index in [-0.39, 0.29) is 0 Å². The largest absolute Gasteiger partial charge is 0.508 e. The van der Waals surface area contributed by atoms with Crippen LogP contribution in [-0.4, -0.2) is 5.11 Å². The third-order valence-electron chi connectivity index (χ3n) is 6.47. The van der Waals surface area contributed by atoms with Gasteiger partial charge in [-0.2, -0.15) is 0 Å². The molecule has 0 saturated heterocycles. The van der Waals surface area contributed by atoms with Crippen LogP contribution in [0, 0.1) is 17.8 Å². The van der Waals surface area contributed by atoms with Gasteiger partial charge < -0.3 is 5.11 Å². The van der Waals surface area contributed by atoms with E-state index in [0.29, 0.717) is 5.75 Å². The minimum atomic E-state index is 0.395. The van der Waals surface area contributed by atoms with Crippen molar-refractivity contribution >= 4 is 0 Å². The van der Waals surface area contributed by atoms with Crippen LogP contribution < -0.4 is 0 Å². The van der Waals surface area contributed by atoms with Gasteiger partial charge in [-0.3, -0.25) is 0 Å². The van der Waals surface area contributed by atoms with Gasteiger partial charge in [0.1, 0.15) is 5.75 Å². The summed E-state index contributed by atoms with van der Waals surface area (Å²) < 4.78 is 0. The van der Waals surface area contributed by atoms with Crippen LogP contribution in [-0.2, 0) is 6.42 Å². The molecule has 0 unspecified atom stereocenters. The summed E-state index contributed by atoms with van der Waals surface area (Å²) in [5.41, 5.74) is 1.27. The number of aromatic hydroxyl groups is 1. The van der Waals surface area contributed by atoms with Crippen LogP contribution in [0.3, 0.4) is 0 Å². The van der Waals surface area contributed by atoms with E-state index in [0.717, 1.165) is 24.2 Å². The molecule has 1 rings (SSSR count). The predicted molar refractivity (Wildman–Crippen MR) is 125 cm³/mol. The summed E-state index contributed by atoms with van der Waals surface area (Å²) in [6.07, 6.45) is 19.1. The summed E-state index contributed by atoms with van der Waals surface area (Å²) in [6, 6.07) is 7.71. The van der Waals surface area contributed by atoms with Crippen LogP contribution in [0.15, 0.2) is 24.3 Å². The zero-order valence-electron chi connectivity index (χ0n) is 19.4. The van der Waals surface area contributed by atoms with Crippen molar-refractivity contribution in [3.63, 3.8) is 0 Å².